The van der Waals surface area contributed by atoms with Crippen LogP contribution in [-0.4, -0.2) is 16.1 Å². The molecule has 0 saturated carbocycles. The Morgan fingerprint density at radius 2 is 1.71 bits per heavy atom. The molecule has 0 aliphatic carbocycles. The molecule has 21 heavy (non-hydrogen) atoms. The first-order chi connectivity index (χ1) is 10.2. The third-order valence-electron chi connectivity index (χ3n) is 3.09. The van der Waals surface area contributed by atoms with Gasteiger partial charge in [-0.15, -0.1) is 0 Å². The molecular formula is C16H10Cl2N2O. The fraction of sp³-hybridized carbons (Fsp3) is 0. The number of para-hydroxylation sites is 1. The molecule has 104 valence electrons. The van der Waals surface area contributed by atoms with E-state index in [0.717, 1.165) is 17.5 Å². The molecule has 0 atom stereocenters. The Balaban J connectivity index is 2.13. The van der Waals surface area contributed by atoms with Crippen LogP contribution in [0.4, 0.5) is 0 Å². The number of carbonyl (C=O) groups is 1. The van der Waals surface area contributed by atoms with Gasteiger partial charge in [-0.3, -0.25) is 4.79 Å². The molecule has 3 rings (SSSR count). The number of aldehydes is 1. The van der Waals surface area contributed by atoms with Gasteiger partial charge in [-0.05, 0) is 24.3 Å². The summed E-state index contributed by atoms with van der Waals surface area (Å²) in [7, 11) is 0. The first-order valence-electron chi connectivity index (χ1n) is 6.25. The third-order valence-corrected chi connectivity index (χ3v) is 3.66. The second kappa shape index (κ2) is 5.72. The molecule has 2 aromatic carbocycles. The molecular weight excluding hydrogens is 307 g/mol. The lowest BCUT2D eigenvalue weighted by molar-refractivity contribution is 0.112. The maximum absolute atomic E-state index is 11.3. The lowest BCUT2D eigenvalue weighted by atomic mass is 10.1. The standard InChI is InChI=1S/C16H10Cl2N2O/c17-13-7-5-11(6-8-13)16-12(10-21)9-20(19-16)15-4-2-1-3-14(15)18/h1-10H. The minimum atomic E-state index is 0.497. The molecule has 0 amide bonds. The zero-order valence-corrected chi connectivity index (χ0v) is 12.3. The largest absolute Gasteiger partial charge is 0.298 e. The minimum Gasteiger partial charge on any atom is -0.298 e. The molecule has 0 aliphatic rings. The maximum atomic E-state index is 11.3. The molecule has 3 aromatic rings. The van der Waals surface area contributed by atoms with Crippen LogP contribution in [-0.2, 0) is 0 Å². The second-order valence-electron chi connectivity index (χ2n) is 4.45. The predicted molar refractivity (Wildman–Crippen MR) is 84.4 cm³/mol. The van der Waals surface area contributed by atoms with Gasteiger partial charge in [0.1, 0.15) is 5.69 Å². The van der Waals surface area contributed by atoms with Gasteiger partial charge in [-0.1, -0.05) is 47.5 Å². The smallest absolute Gasteiger partial charge is 0.153 e. The van der Waals surface area contributed by atoms with E-state index in [0.29, 0.717) is 21.3 Å². The first kappa shape index (κ1) is 13.9. The van der Waals surface area contributed by atoms with Crippen molar-refractivity contribution in [2.24, 2.45) is 0 Å². The van der Waals surface area contributed by atoms with Gasteiger partial charge in [0.2, 0.25) is 0 Å². The topological polar surface area (TPSA) is 34.9 Å². The van der Waals surface area contributed by atoms with Crippen LogP contribution in [0.15, 0.2) is 54.7 Å². The molecule has 5 heteroatoms. The number of halogens is 2. The van der Waals surface area contributed by atoms with Gasteiger partial charge in [0.15, 0.2) is 6.29 Å². The highest BCUT2D eigenvalue weighted by Crippen LogP contribution is 2.26. The third kappa shape index (κ3) is 2.71. The van der Waals surface area contributed by atoms with Gasteiger partial charge in [0.05, 0.1) is 16.3 Å². The first-order valence-corrected chi connectivity index (χ1v) is 7.00. The monoisotopic (exact) mass is 316 g/mol. The summed E-state index contributed by atoms with van der Waals surface area (Å²) in [6.45, 7) is 0. The zero-order chi connectivity index (χ0) is 14.8. The minimum absolute atomic E-state index is 0.497. The summed E-state index contributed by atoms with van der Waals surface area (Å²) < 4.78 is 1.61. The number of aromatic nitrogens is 2. The van der Waals surface area contributed by atoms with Gasteiger partial charge >= 0.3 is 0 Å². The van der Waals surface area contributed by atoms with Crippen LogP contribution in [0, 0.1) is 0 Å². The van der Waals surface area contributed by atoms with Crippen molar-refractivity contribution in [2.75, 3.05) is 0 Å². The lowest BCUT2D eigenvalue weighted by Crippen LogP contribution is -1.95. The highest BCUT2D eigenvalue weighted by atomic mass is 35.5. The average molecular weight is 317 g/mol. The van der Waals surface area contributed by atoms with Gasteiger partial charge < -0.3 is 0 Å². The molecule has 0 saturated heterocycles. The van der Waals surface area contributed by atoms with Crippen molar-refractivity contribution in [3.8, 4) is 16.9 Å². The summed E-state index contributed by atoms with van der Waals surface area (Å²) in [4.78, 5) is 11.3. The molecule has 0 N–H and O–H groups in total. The van der Waals surface area contributed by atoms with Crippen molar-refractivity contribution < 1.29 is 4.79 Å². The van der Waals surface area contributed by atoms with Crippen molar-refractivity contribution in [3.63, 3.8) is 0 Å². The lowest BCUT2D eigenvalue weighted by Gasteiger charge is -2.03. The van der Waals surface area contributed by atoms with Crippen LogP contribution in [0.5, 0.6) is 0 Å². The highest BCUT2D eigenvalue weighted by Gasteiger charge is 2.13. The zero-order valence-electron chi connectivity index (χ0n) is 10.8. The van der Waals surface area contributed by atoms with E-state index in [-0.39, 0.29) is 0 Å². The van der Waals surface area contributed by atoms with Crippen molar-refractivity contribution in [2.45, 2.75) is 0 Å². The Morgan fingerprint density at radius 1 is 1.00 bits per heavy atom. The number of hydrogen-bond acceptors (Lipinski definition) is 2. The molecule has 1 heterocycles. The molecule has 0 unspecified atom stereocenters. The second-order valence-corrected chi connectivity index (χ2v) is 5.30. The Morgan fingerprint density at radius 3 is 2.38 bits per heavy atom. The van der Waals surface area contributed by atoms with E-state index in [1.165, 1.54) is 0 Å². The average Bonchev–Trinajstić information content (AvgIpc) is 2.92. The van der Waals surface area contributed by atoms with E-state index in [1.807, 2.05) is 30.3 Å². The van der Waals surface area contributed by atoms with E-state index in [1.54, 1.807) is 29.1 Å². The van der Waals surface area contributed by atoms with Crippen LogP contribution < -0.4 is 0 Å². The fourth-order valence-corrected chi connectivity index (χ4v) is 2.41. The summed E-state index contributed by atoms with van der Waals surface area (Å²) in [5, 5.41) is 5.68. The Kier molecular flexibility index (Phi) is 3.78. The van der Waals surface area contributed by atoms with Crippen molar-refractivity contribution in [1.29, 1.82) is 0 Å². The van der Waals surface area contributed by atoms with Gasteiger partial charge in [0, 0.05) is 16.8 Å². The SMILES string of the molecule is O=Cc1cn(-c2ccccc2Cl)nc1-c1ccc(Cl)cc1. The number of hydrogen-bond donors (Lipinski definition) is 0. The summed E-state index contributed by atoms with van der Waals surface area (Å²) >= 11 is 12.0. The van der Waals surface area contributed by atoms with Crippen LogP contribution in [0.3, 0.4) is 0 Å². The van der Waals surface area contributed by atoms with E-state index in [4.69, 9.17) is 23.2 Å². The molecule has 0 fully saturated rings. The van der Waals surface area contributed by atoms with E-state index in [2.05, 4.69) is 5.10 Å². The predicted octanol–water partition coefficient (Wildman–Crippen LogP) is 4.66. The number of rotatable bonds is 3. The molecule has 3 nitrogen and oxygen atoms in total. The summed E-state index contributed by atoms with van der Waals surface area (Å²) in [5.74, 6) is 0. The van der Waals surface area contributed by atoms with Crippen molar-refractivity contribution >= 4 is 29.5 Å². The van der Waals surface area contributed by atoms with E-state index >= 15 is 0 Å². The van der Waals surface area contributed by atoms with Crippen LogP contribution in [0.25, 0.3) is 16.9 Å². The molecule has 0 bridgehead atoms. The summed E-state index contributed by atoms with van der Waals surface area (Å²) in [6.07, 6.45) is 2.45. The molecule has 1 aromatic heterocycles. The van der Waals surface area contributed by atoms with Gasteiger partial charge in [-0.25, -0.2) is 4.68 Å². The molecule has 0 spiro atoms. The van der Waals surface area contributed by atoms with E-state index < -0.39 is 0 Å². The summed E-state index contributed by atoms with van der Waals surface area (Å²) in [5.41, 5.74) is 2.65. The van der Waals surface area contributed by atoms with Gasteiger partial charge in [0.25, 0.3) is 0 Å². The van der Waals surface area contributed by atoms with Crippen molar-refractivity contribution in [3.05, 3.63) is 70.3 Å². The fourth-order valence-electron chi connectivity index (χ4n) is 2.07. The van der Waals surface area contributed by atoms with Crippen molar-refractivity contribution in [1.82, 2.24) is 9.78 Å². The van der Waals surface area contributed by atoms with Crippen LogP contribution in [0.2, 0.25) is 10.0 Å². The van der Waals surface area contributed by atoms with Gasteiger partial charge in [-0.2, -0.15) is 5.10 Å². The van der Waals surface area contributed by atoms with E-state index in [9.17, 15) is 4.79 Å². The maximum Gasteiger partial charge on any atom is 0.153 e. The Labute approximate surface area is 131 Å². The molecule has 0 radical (unpaired) electrons. The summed E-state index contributed by atoms with van der Waals surface area (Å²) in [6, 6.07) is 14.5. The Bertz CT molecular complexity index is 794. The van der Waals surface area contributed by atoms with Crippen LogP contribution in [0.1, 0.15) is 10.4 Å². The highest BCUT2D eigenvalue weighted by molar-refractivity contribution is 6.32. The number of carbonyl (C=O) groups excluding carboxylic acids is 1. The Hall–Kier alpha value is -2.10. The normalized spacial score (nSPS) is 10.6. The van der Waals surface area contributed by atoms with Crippen LogP contribution >= 0.6 is 23.2 Å². The molecule has 0 aliphatic heterocycles. The number of nitrogens with zero attached hydrogens (tertiary/aromatic N) is 2. The quantitative estimate of drug-likeness (QED) is 0.659. The number of benzene rings is 2.